The third-order valence-electron chi connectivity index (χ3n) is 2.41. The fourth-order valence-electron chi connectivity index (χ4n) is 1.49. The molecular formula is C13H12Br4O5. The molecule has 1 atom stereocenters. The first kappa shape index (κ1) is 20.1. The van der Waals surface area contributed by atoms with E-state index in [9.17, 15) is 14.7 Å². The second-order valence-electron chi connectivity index (χ2n) is 4.17. The van der Waals surface area contributed by atoms with E-state index in [1.165, 1.54) is 6.92 Å². The normalized spacial score (nSPS) is 12.0. The molecule has 1 rings (SSSR count). The molecule has 0 aliphatic heterocycles. The van der Waals surface area contributed by atoms with Crippen LogP contribution in [0.25, 0.3) is 0 Å². The zero-order valence-corrected chi connectivity index (χ0v) is 17.9. The molecule has 1 aromatic carbocycles. The largest absolute Gasteiger partial charge is 0.462 e. The Morgan fingerprint density at radius 1 is 0.955 bits per heavy atom. The van der Waals surface area contributed by atoms with Crippen molar-refractivity contribution in [2.75, 3.05) is 13.2 Å². The van der Waals surface area contributed by atoms with E-state index in [0.717, 1.165) is 0 Å². The Kier molecular flexibility index (Phi) is 8.01. The fourth-order valence-corrected chi connectivity index (χ4v) is 3.93. The molecule has 5 nitrogen and oxygen atoms in total. The van der Waals surface area contributed by atoms with Gasteiger partial charge in [-0.2, -0.15) is 0 Å². The topological polar surface area (TPSA) is 72.8 Å². The first-order valence-corrected chi connectivity index (χ1v) is 9.27. The summed E-state index contributed by atoms with van der Waals surface area (Å²) in [5, 5.41) is 9.23. The second kappa shape index (κ2) is 8.77. The SMILES string of the molecule is CCOC(=O)c1c(Br)c(Br)c(Br)c(Br)c1C(=O)OCC(C)O. The summed E-state index contributed by atoms with van der Waals surface area (Å²) >= 11 is 13.2. The second-order valence-corrected chi connectivity index (χ2v) is 7.35. The Hall–Kier alpha value is 0.0400. The third kappa shape index (κ3) is 4.53. The van der Waals surface area contributed by atoms with Gasteiger partial charge >= 0.3 is 11.9 Å². The minimum atomic E-state index is -0.809. The Balaban J connectivity index is 3.46. The van der Waals surface area contributed by atoms with Gasteiger partial charge in [-0.3, -0.25) is 0 Å². The summed E-state index contributed by atoms with van der Waals surface area (Å²) in [6.07, 6.45) is -0.809. The molecule has 0 aliphatic carbocycles. The van der Waals surface area contributed by atoms with E-state index in [1.807, 2.05) is 0 Å². The molecule has 0 saturated heterocycles. The number of esters is 2. The Morgan fingerprint density at radius 2 is 1.36 bits per heavy atom. The molecule has 0 amide bonds. The van der Waals surface area contributed by atoms with Crippen LogP contribution in [0.2, 0.25) is 0 Å². The van der Waals surface area contributed by atoms with Gasteiger partial charge in [0.25, 0.3) is 0 Å². The number of carbonyl (C=O) groups excluding carboxylic acids is 2. The van der Waals surface area contributed by atoms with Crippen LogP contribution in [-0.4, -0.2) is 36.4 Å². The first-order chi connectivity index (χ1) is 10.2. The average molecular weight is 568 g/mol. The number of aliphatic hydroxyl groups excluding tert-OH is 1. The molecule has 9 heteroatoms. The van der Waals surface area contributed by atoms with Crippen LogP contribution in [0.3, 0.4) is 0 Å². The van der Waals surface area contributed by atoms with Gasteiger partial charge < -0.3 is 14.6 Å². The van der Waals surface area contributed by atoms with Gasteiger partial charge in [0.2, 0.25) is 0 Å². The lowest BCUT2D eigenvalue weighted by atomic mass is 10.1. The molecule has 1 N–H and O–H groups in total. The standard InChI is InChI=1S/C13H12Br4O5/c1-3-21-12(19)6-7(13(20)22-4-5(2)18)9(15)11(17)10(16)8(6)14/h5,18H,3-4H2,1-2H3. The molecule has 0 fully saturated rings. The first-order valence-electron chi connectivity index (χ1n) is 6.10. The molecule has 0 saturated carbocycles. The number of benzene rings is 1. The van der Waals surface area contributed by atoms with E-state index in [0.29, 0.717) is 17.9 Å². The minimum absolute atomic E-state index is 0.0149. The van der Waals surface area contributed by atoms with Gasteiger partial charge in [0.15, 0.2) is 0 Å². The number of rotatable bonds is 5. The van der Waals surface area contributed by atoms with Crippen LogP contribution >= 0.6 is 63.7 Å². The summed E-state index contributed by atoms with van der Waals surface area (Å²) in [4.78, 5) is 24.5. The maximum absolute atomic E-state index is 12.3. The van der Waals surface area contributed by atoms with E-state index in [4.69, 9.17) is 9.47 Å². The van der Waals surface area contributed by atoms with Crippen molar-refractivity contribution in [2.45, 2.75) is 20.0 Å². The van der Waals surface area contributed by atoms with Gasteiger partial charge in [-0.15, -0.1) is 0 Å². The highest BCUT2D eigenvalue weighted by molar-refractivity contribution is 9.15. The molecule has 1 unspecified atom stereocenters. The molecule has 0 bridgehead atoms. The van der Waals surface area contributed by atoms with Gasteiger partial charge in [-0.25, -0.2) is 9.59 Å². The Bertz CT molecular complexity index is 601. The number of aliphatic hydroxyl groups is 1. The van der Waals surface area contributed by atoms with Crippen LogP contribution in [-0.2, 0) is 9.47 Å². The summed E-state index contributed by atoms with van der Waals surface area (Å²) in [5.41, 5.74) is 0.0560. The lowest BCUT2D eigenvalue weighted by Gasteiger charge is -2.16. The van der Waals surface area contributed by atoms with Crippen LogP contribution in [0.15, 0.2) is 17.9 Å². The Morgan fingerprint density at radius 3 is 1.73 bits per heavy atom. The van der Waals surface area contributed by atoms with Crippen LogP contribution in [0.5, 0.6) is 0 Å². The molecule has 1 aromatic rings. The molecule has 22 heavy (non-hydrogen) atoms. The highest BCUT2D eigenvalue weighted by atomic mass is 79.9. The fraction of sp³-hybridized carbons (Fsp3) is 0.385. The molecule has 0 heterocycles. The van der Waals surface area contributed by atoms with Gasteiger partial charge in [0.1, 0.15) is 6.61 Å². The lowest BCUT2D eigenvalue weighted by Crippen LogP contribution is -2.20. The lowest BCUT2D eigenvalue weighted by molar-refractivity contribution is 0.0287. The van der Waals surface area contributed by atoms with E-state index in [-0.39, 0.29) is 24.3 Å². The van der Waals surface area contributed by atoms with Crippen LogP contribution in [0, 0.1) is 0 Å². The molecule has 0 spiro atoms. The summed E-state index contributed by atoms with van der Waals surface area (Å²) in [6, 6.07) is 0. The molecule has 0 aliphatic rings. The maximum atomic E-state index is 12.3. The van der Waals surface area contributed by atoms with Crippen molar-refractivity contribution in [3.05, 3.63) is 29.0 Å². The summed E-state index contributed by atoms with van der Waals surface area (Å²) < 4.78 is 11.8. The van der Waals surface area contributed by atoms with E-state index >= 15 is 0 Å². The third-order valence-corrected chi connectivity index (χ3v) is 7.17. The smallest absolute Gasteiger partial charge is 0.340 e. The van der Waals surface area contributed by atoms with Crippen molar-refractivity contribution in [1.29, 1.82) is 0 Å². The monoisotopic (exact) mass is 564 g/mol. The van der Waals surface area contributed by atoms with Crippen molar-refractivity contribution in [3.8, 4) is 0 Å². The number of carbonyl (C=O) groups is 2. The zero-order valence-electron chi connectivity index (χ0n) is 11.6. The van der Waals surface area contributed by atoms with Gasteiger partial charge in [0, 0.05) is 17.9 Å². The Labute approximate surface area is 161 Å². The van der Waals surface area contributed by atoms with Gasteiger partial charge in [-0.1, -0.05) is 0 Å². The molecule has 0 aromatic heterocycles. The molecule has 122 valence electrons. The van der Waals surface area contributed by atoms with Crippen LogP contribution in [0.1, 0.15) is 34.6 Å². The molecule has 0 radical (unpaired) electrons. The number of hydrogen-bond acceptors (Lipinski definition) is 5. The predicted octanol–water partition coefficient (Wildman–Crippen LogP) is 4.45. The van der Waals surface area contributed by atoms with E-state index < -0.39 is 18.0 Å². The average Bonchev–Trinajstić information content (AvgIpc) is 2.46. The highest BCUT2D eigenvalue weighted by Gasteiger charge is 2.29. The van der Waals surface area contributed by atoms with E-state index in [2.05, 4.69) is 63.7 Å². The van der Waals surface area contributed by atoms with Crippen molar-refractivity contribution in [2.24, 2.45) is 0 Å². The number of hydrogen-bond donors (Lipinski definition) is 1. The zero-order chi connectivity index (χ0) is 17.0. The number of ether oxygens (including phenoxy) is 2. The van der Waals surface area contributed by atoms with Crippen molar-refractivity contribution < 1.29 is 24.2 Å². The number of halogens is 4. The van der Waals surface area contributed by atoms with Gasteiger partial charge in [-0.05, 0) is 77.6 Å². The van der Waals surface area contributed by atoms with E-state index in [1.54, 1.807) is 6.92 Å². The van der Waals surface area contributed by atoms with Crippen molar-refractivity contribution >= 4 is 75.7 Å². The predicted molar refractivity (Wildman–Crippen MR) is 95.2 cm³/mol. The van der Waals surface area contributed by atoms with Crippen LogP contribution < -0.4 is 0 Å². The minimum Gasteiger partial charge on any atom is -0.462 e. The van der Waals surface area contributed by atoms with Crippen molar-refractivity contribution in [1.82, 2.24) is 0 Å². The van der Waals surface area contributed by atoms with Crippen molar-refractivity contribution in [3.63, 3.8) is 0 Å². The summed E-state index contributed by atoms with van der Waals surface area (Å²) in [7, 11) is 0. The quantitative estimate of drug-likeness (QED) is 0.323. The van der Waals surface area contributed by atoms with Crippen LogP contribution in [0.4, 0.5) is 0 Å². The summed E-state index contributed by atoms with van der Waals surface area (Å²) in [5.74, 6) is -1.41. The van der Waals surface area contributed by atoms with Gasteiger partial charge in [0.05, 0.1) is 23.8 Å². The molecular weight excluding hydrogens is 556 g/mol. The maximum Gasteiger partial charge on any atom is 0.340 e. The summed E-state index contributed by atoms with van der Waals surface area (Å²) in [6.45, 7) is 3.14. The highest BCUT2D eigenvalue weighted by Crippen LogP contribution is 2.42.